The van der Waals surface area contributed by atoms with E-state index in [1.807, 2.05) is 6.20 Å². The number of ether oxygens (including phenoxy) is 2. The van der Waals surface area contributed by atoms with Gasteiger partial charge >= 0.3 is 0 Å². The lowest BCUT2D eigenvalue weighted by Gasteiger charge is -2.22. The fourth-order valence-corrected chi connectivity index (χ4v) is 1.66. The quantitative estimate of drug-likeness (QED) is 0.783. The molecular weight excluding hydrogens is 194 g/mol. The molecule has 84 valence electrons. The number of nitrogens with zero attached hydrogens (tertiary/aromatic N) is 2. The van der Waals surface area contributed by atoms with Crippen LogP contribution in [0.5, 0.6) is 5.75 Å². The van der Waals surface area contributed by atoms with Gasteiger partial charge < -0.3 is 15.2 Å². The maximum atomic E-state index is 5.73. The highest BCUT2D eigenvalue weighted by Gasteiger charge is 2.15. The maximum Gasteiger partial charge on any atom is 0.157 e. The third-order valence-electron chi connectivity index (χ3n) is 2.39. The van der Waals surface area contributed by atoms with Crippen molar-refractivity contribution in [3.8, 4) is 5.75 Å². The number of hydrogen-bond donors (Lipinski definition) is 1. The average molecular weight is 211 g/mol. The van der Waals surface area contributed by atoms with Crippen LogP contribution in [0, 0.1) is 0 Å². The van der Waals surface area contributed by atoms with Gasteiger partial charge in [0.1, 0.15) is 6.10 Å². The fraction of sp³-hybridized carbons (Fsp3) is 0.700. The van der Waals surface area contributed by atoms with Crippen molar-refractivity contribution < 1.29 is 9.47 Å². The number of nitrogens with two attached hydrogens (primary N) is 1. The lowest BCUT2D eigenvalue weighted by molar-refractivity contribution is 0.00739. The number of rotatable bonds is 4. The van der Waals surface area contributed by atoms with E-state index >= 15 is 0 Å². The predicted molar refractivity (Wildman–Crippen MR) is 55.8 cm³/mol. The van der Waals surface area contributed by atoms with Gasteiger partial charge in [0.15, 0.2) is 5.75 Å². The number of hydrogen-bond acceptors (Lipinski definition) is 4. The summed E-state index contributed by atoms with van der Waals surface area (Å²) in [5.74, 6) is 0.805. The molecular formula is C10H17N3O2. The van der Waals surface area contributed by atoms with Gasteiger partial charge in [-0.25, -0.2) is 0 Å². The van der Waals surface area contributed by atoms with Gasteiger partial charge in [0.2, 0.25) is 0 Å². The Morgan fingerprint density at radius 3 is 3.33 bits per heavy atom. The van der Waals surface area contributed by atoms with Gasteiger partial charge in [0.25, 0.3) is 0 Å². The zero-order valence-electron chi connectivity index (χ0n) is 8.76. The molecule has 5 nitrogen and oxygen atoms in total. The minimum Gasteiger partial charge on any atom is -0.485 e. The maximum absolute atomic E-state index is 5.73. The Morgan fingerprint density at radius 1 is 1.67 bits per heavy atom. The first-order chi connectivity index (χ1) is 7.38. The van der Waals surface area contributed by atoms with Crippen LogP contribution in [0.2, 0.25) is 0 Å². The summed E-state index contributed by atoms with van der Waals surface area (Å²) in [6.07, 6.45) is 5.91. The average Bonchev–Trinajstić information content (AvgIpc) is 2.68. The molecule has 1 atom stereocenters. The van der Waals surface area contributed by atoms with Crippen LogP contribution >= 0.6 is 0 Å². The van der Waals surface area contributed by atoms with Crippen LogP contribution in [-0.2, 0) is 11.3 Å². The van der Waals surface area contributed by atoms with E-state index in [9.17, 15) is 0 Å². The highest BCUT2D eigenvalue weighted by Crippen LogP contribution is 2.15. The van der Waals surface area contributed by atoms with Crippen molar-refractivity contribution >= 4 is 0 Å². The van der Waals surface area contributed by atoms with Crippen LogP contribution in [-0.4, -0.2) is 35.6 Å². The SMILES string of the molecule is NCCn1cc(OC2CCCOC2)cn1. The Labute approximate surface area is 89.2 Å². The second-order valence-corrected chi connectivity index (χ2v) is 3.68. The van der Waals surface area contributed by atoms with Gasteiger partial charge in [-0.1, -0.05) is 0 Å². The molecule has 1 fully saturated rings. The minimum absolute atomic E-state index is 0.175. The normalized spacial score (nSPS) is 21.5. The Hall–Kier alpha value is -1.07. The molecule has 1 unspecified atom stereocenters. The Bertz CT molecular complexity index is 295. The van der Waals surface area contributed by atoms with Crippen molar-refractivity contribution in [2.24, 2.45) is 5.73 Å². The Kier molecular flexibility index (Phi) is 3.58. The summed E-state index contributed by atoms with van der Waals surface area (Å²) in [6, 6.07) is 0. The van der Waals surface area contributed by atoms with Crippen LogP contribution in [0.3, 0.4) is 0 Å². The summed E-state index contributed by atoms with van der Waals surface area (Å²) in [5.41, 5.74) is 5.43. The summed E-state index contributed by atoms with van der Waals surface area (Å²) in [7, 11) is 0. The summed E-state index contributed by atoms with van der Waals surface area (Å²) >= 11 is 0. The second kappa shape index (κ2) is 5.14. The van der Waals surface area contributed by atoms with Crippen molar-refractivity contribution in [2.45, 2.75) is 25.5 Å². The molecule has 0 aliphatic carbocycles. The molecule has 2 heterocycles. The molecule has 1 saturated heterocycles. The van der Waals surface area contributed by atoms with Crippen LogP contribution < -0.4 is 10.5 Å². The van der Waals surface area contributed by atoms with Gasteiger partial charge in [0.05, 0.1) is 25.5 Å². The fourth-order valence-electron chi connectivity index (χ4n) is 1.66. The first-order valence-corrected chi connectivity index (χ1v) is 5.35. The standard InChI is InChI=1S/C10H17N3O2/c11-3-4-13-7-10(6-12-13)15-9-2-1-5-14-8-9/h6-7,9H,1-5,8,11H2. The largest absolute Gasteiger partial charge is 0.485 e. The lowest BCUT2D eigenvalue weighted by Crippen LogP contribution is -2.27. The molecule has 0 radical (unpaired) electrons. The molecule has 1 aromatic rings. The molecule has 1 aromatic heterocycles. The third-order valence-corrected chi connectivity index (χ3v) is 2.39. The van der Waals surface area contributed by atoms with Crippen LogP contribution in [0.4, 0.5) is 0 Å². The molecule has 2 N–H and O–H groups in total. The van der Waals surface area contributed by atoms with Gasteiger partial charge in [-0.05, 0) is 12.8 Å². The van der Waals surface area contributed by atoms with Crippen molar-refractivity contribution in [2.75, 3.05) is 19.8 Å². The van der Waals surface area contributed by atoms with Gasteiger partial charge in [0, 0.05) is 13.2 Å². The predicted octanol–water partition coefficient (Wildman–Crippen LogP) is 0.400. The molecule has 1 aliphatic rings. The van der Waals surface area contributed by atoms with Crippen molar-refractivity contribution in [3.63, 3.8) is 0 Å². The monoisotopic (exact) mass is 211 g/mol. The van der Waals surface area contributed by atoms with E-state index in [1.54, 1.807) is 10.9 Å². The Balaban J connectivity index is 1.86. The summed E-state index contributed by atoms with van der Waals surface area (Å²) < 4.78 is 12.9. The zero-order chi connectivity index (χ0) is 10.5. The number of aromatic nitrogens is 2. The second-order valence-electron chi connectivity index (χ2n) is 3.68. The Morgan fingerprint density at radius 2 is 2.60 bits per heavy atom. The molecule has 1 aliphatic heterocycles. The highest BCUT2D eigenvalue weighted by molar-refractivity contribution is 5.12. The molecule has 0 aromatic carbocycles. The highest BCUT2D eigenvalue weighted by atomic mass is 16.5. The van der Waals surface area contributed by atoms with Crippen LogP contribution in [0.1, 0.15) is 12.8 Å². The minimum atomic E-state index is 0.175. The molecule has 0 bridgehead atoms. The van der Waals surface area contributed by atoms with Gasteiger partial charge in [-0.2, -0.15) is 5.10 Å². The first-order valence-electron chi connectivity index (χ1n) is 5.35. The molecule has 0 amide bonds. The van der Waals surface area contributed by atoms with E-state index in [2.05, 4.69) is 5.10 Å². The van der Waals surface area contributed by atoms with Crippen LogP contribution in [0.25, 0.3) is 0 Å². The molecule has 15 heavy (non-hydrogen) atoms. The van der Waals surface area contributed by atoms with E-state index in [0.717, 1.165) is 31.7 Å². The van der Waals surface area contributed by atoms with Crippen LogP contribution in [0.15, 0.2) is 12.4 Å². The molecule has 2 rings (SSSR count). The third kappa shape index (κ3) is 2.94. The van der Waals surface area contributed by atoms with Crippen molar-refractivity contribution in [1.29, 1.82) is 0 Å². The zero-order valence-corrected chi connectivity index (χ0v) is 8.76. The topological polar surface area (TPSA) is 62.3 Å². The summed E-state index contributed by atoms with van der Waals surface area (Å²) in [5, 5.41) is 4.14. The van der Waals surface area contributed by atoms with Gasteiger partial charge in [-0.15, -0.1) is 0 Å². The first kappa shape index (κ1) is 10.4. The van der Waals surface area contributed by atoms with E-state index in [0.29, 0.717) is 13.2 Å². The van der Waals surface area contributed by atoms with E-state index < -0.39 is 0 Å². The van der Waals surface area contributed by atoms with Gasteiger partial charge in [-0.3, -0.25) is 4.68 Å². The summed E-state index contributed by atoms with van der Waals surface area (Å²) in [4.78, 5) is 0. The molecule has 0 spiro atoms. The van der Waals surface area contributed by atoms with Crippen molar-refractivity contribution in [1.82, 2.24) is 9.78 Å². The molecule has 0 saturated carbocycles. The summed E-state index contributed by atoms with van der Waals surface area (Å²) in [6.45, 7) is 2.85. The van der Waals surface area contributed by atoms with E-state index in [-0.39, 0.29) is 6.10 Å². The molecule has 5 heteroatoms. The smallest absolute Gasteiger partial charge is 0.157 e. The van der Waals surface area contributed by atoms with Crippen molar-refractivity contribution in [3.05, 3.63) is 12.4 Å². The lowest BCUT2D eigenvalue weighted by atomic mass is 10.2. The van der Waals surface area contributed by atoms with E-state index in [4.69, 9.17) is 15.2 Å². The van der Waals surface area contributed by atoms with E-state index in [1.165, 1.54) is 0 Å².